The van der Waals surface area contributed by atoms with Crippen molar-refractivity contribution >= 4 is 17.9 Å². The van der Waals surface area contributed by atoms with Gasteiger partial charge in [-0.05, 0) is 18.8 Å². The molecular weight excluding hydrogens is 314 g/mol. The van der Waals surface area contributed by atoms with Crippen LogP contribution in [0.3, 0.4) is 0 Å². The third-order valence-corrected chi connectivity index (χ3v) is 4.88. The maximum absolute atomic E-state index is 12.0. The van der Waals surface area contributed by atoms with E-state index in [2.05, 4.69) is 22.3 Å². The molecular formula is C16H27N3O5. The van der Waals surface area contributed by atoms with Crippen molar-refractivity contribution in [3.63, 3.8) is 0 Å². The van der Waals surface area contributed by atoms with E-state index in [4.69, 9.17) is 0 Å². The zero-order chi connectivity index (χ0) is 17.7. The highest BCUT2D eigenvalue weighted by Crippen LogP contribution is 2.23. The zero-order valence-corrected chi connectivity index (χ0v) is 14.3. The number of β-amino-alcohol motifs (C(OH)–C–C–N with tert-alkyl or cyclic N) is 1. The molecule has 2 aliphatic rings. The fraction of sp³-hybridized carbons (Fsp3) is 0.812. The molecule has 3 amide bonds. The number of esters is 1. The van der Waals surface area contributed by atoms with Crippen molar-refractivity contribution in [2.75, 3.05) is 20.2 Å². The number of hydrogen-bond donors (Lipinski definition) is 3. The van der Waals surface area contributed by atoms with Gasteiger partial charge in [-0.1, -0.05) is 19.8 Å². The van der Waals surface area contributed by atoms with Gasteiger partial charge in [-0.15, -0.1) is 0 Å². The van der Waals surface area contributed by atoms with E-state index in [1.165, 1.54) is 18.4 Å². The van der Waals surface area contributed by atoms with Crippen LogP contribution in [0.4, 0.5) is 4.79 Å². The number of amides is 3. The maximum Gasteiger partial charge on any atom is 0.323 e. The molecule has 0 bridgehead atoms. The quantitative estimate of drug-likeness (QED) is 0.621. The predicted molar refractivity (Wildman–Crippen MR) is 86.1 cm³/mol. The third kappa shape index (κ3) is 4.91. The highest BCUT2D eigenvalue weighted by Gasteiger charge is 2.37. The van der Waals surface area contributed by atoms with Crippen LogP contribution >= 0.6 is 0 Å². The Morgan fingerprint density at radius 3 is 2.62 bits per heavy atom. The molecule has 24 heavy (non-hydrogen) atoms. The number of rotatable bonds is 4. The lowest BCUT2D eigenvalue weighted by Gasteiger charge is -2.29. The van der Waals surface area contributed by atoms with Crippen molar-refractivity contribution in [3.05, 3.63) is 0 Å². The van der Waals surface area contributed by atoms with E-state index in [-0.39, 0.29) is 25.6 Å². The van der Waals surface area contributed by atoms with Crippen LogP contribution in [-0.2, 0) is 14.3 Å². The number of aliphatic hydroxyl groups is 1. The lowest BCUT2D eigenvalue weighted by Crippen LogP contribution is -2.51. The molecule has 1 aliphatic heterocycles. The van der Waals surface area contributed by atoms with E-state index < -0.39 is 30.1 Å². The smallest absolute Gasteiger partial charge is 0.323 e. The van der Waals surface area contributed by atoms with Crippen molar-refractivity contribution in [2.24, 2.45) is 5.92 Å². The molecule has 0 unspecified atom stereocenters. The number of likely N-dealkylation sites (tertiary alicyclic amines) is 1. The average Bonchev–Trinajstić information content (AvgIpc) is 2.89. The molecule has 1 saturated carbocycles. The first-order chi connectivity index (χ1) is 11.4. The van der Waals surface area contributed by atoms with Gasteiger partial charge in [0.2, 0.25) is 5.91 Å². The fourth-order valence-corrected chi connectivity index (χ4v) is 3.52. The van der Waals surface area contributed by atoms with Crippen LogP contribution in [-0.4, -0.2) is 66.3 Å². The number of carbonyl (C=O) groups is 3. The number of urea groups is 1. The number of nitrogens with one attached hydrogen (secondary N) is 2. The molecule has 0 spiro atoms. The first kappa shape index (κ1) is 18.7. The molecule has 2 fully saturated rings. The summed E-state index contributed by atoms with van der Waals surface area (Å²) in [6.07, 6.45) is 3.79. The van der Waals surface area contributed by atoms with E-state index in [0.717, 1.165) is 19.3 Å². The topological polar surface area (TPSA) is 108 Å². The van der Waals surface area contributed by atoms with E-state index >= 15 is 0 Å². The first-order valence-corrected chi connectivity index (χ1v) is 8.51. The average molecular weight is 341 g/mol. The van der Waals surface area contributed by atoms with Crippen molar-refractivity contribution in [1.29, 1.82) is 0 Å². The summed E-state index contributed by atoms with van der Waals surface area (Å²) in [6.45, 7) is 2.16. The number of carbonyl (C=O) groups excluding carboxylic acids is 3. The first-order valence-electron chi connectivity index (χ1n) is 8.51. The Hall–Kier alpha value is -1.67. The van der Waals surface area contributed by atoms with Crippen molar-refractivity contribution in [1.82, 2.24) is 15.5 Å². The Balaban J connectivity index is 1.81. The maximum atomic E-state index is 12.0. The Bertz CT molecular complexity index is 484. The normalized spacial score (nSPS) is 30.6. The molecule has 8 heteroatoms. The number of nitrogens with zero attached hydrogens (tertiary/aromatic N) is 1. The van der Waals surface area contributed by atoms with Gasteiger partial charge >= 0.3 is 12.0 Å². The molecule has 1 heterocycles. The second-order valence-corrected chi connectivity index (χ2v) is 6.75. The monoisotopic (exact) mass is 341 g/mol. The lowest BCUT2D eigenvalue weighted by molar-refractivity contribution is -0.146. The van der Waals surface area contributed by atoms with Gasteiger partial charge in [0.1, 0.15) is 6.04 Å². The highest BCUT2D eigenvalue weighted by molar-refractivity contribution is 5.95. The minimum absolute atomic E-state index is 0.0861. The molecule has 0 aromatic heterocycles. The van der Waals surface area contributed by atoms with Crippen LogP contribution in [0.15, 0.2) is 0 Å². The number of aliphatic hydroxyl groups excluding tert-OH is 1. The standard InChI is InChI=1S/C16H27N3O5/c1-10-5-3-4-6-12(10)17-16(23)18-14(21)9-19-8-11(20)7-13(19)15(22)24-2/h10-13,20H,3-9H2,1-2H3,(H2,17,18,21,23)/t10-,11+,12+,13-/m0/s1. The minimum Gasteiger partial charge on any atom is -0.468 e. The van der Waals surface area contributed by atoms with Gasteiger partial charge in [-0.3, -0.25) is 19.8 Å². The molecule has 1 saturated heterocycles. The molecule has 0 aromatic rings. The van der Waals surface area contributed by atoms with Crippen LogP contribution in [0.2, 0.25) is 0 Å². The molecule has 0 radical (unpaired) electrons. The summed E-state index contributed by atoms with van der Waals surface area (Å²) in [7, 11) is 1.27. The second-order valence-electron chi connectivity index (χ2n) is 6.75. The van der Waals surface area contributed by atoms with Gasteiger partial charge in [-0.25, -0.2) is 4.79 Å². The summed E-state index contributed by atoms with van der Waals surface area (Å²) < 4.78 is 4.68. The van der Waals surface area contributed by atoms with Crippen molar-refractivity contribution in [2.45, 2.75) is 57.2 Å². The summed E-state index contributed by atoms with van der Waals surface area (Å²) >= 11 is 0. The van der Waals surface area contributed by atoms with E-state index in [9.17, 15) is 19.5 Å². The van der Waals surface area contributed by atoms with Crippen LogP contribution in [0.1, 0.15) is 39.0 Å². The predicted octanol–water partition coefficient (Wildman–Crippen LogP) is -0.000900. The lowest BCUT2D eigenvalue weighted by atomic mass is 9.86. The Morgan fingerprint density at radius 1 is 1.25 bits per heavy atom. The van der Waals surface area contributed by atoms with Gasteiger partial charge in [0.05, 0.1) is 19.8 Å². The third-order valence-electron chi connectivity index (χ3n) is 4.88. The van der Waals surface area contributed by atoms with E-state index in [0.29, 0.717) is 5.92 Å². The second kappa shape index (κ2) is 8.43. The molecule has 0 aromatic carbocycles. The Morgan fingerprint density at radius 2 is 1.96 bits per heavy atom. The number of methoxy groups -OCH3 is 1. The van der Waals surface area contributed by atoms with Crippen LogP contribution in [0.25, 0.3) is 0 Å². The number of hydrogen-bond acceptors (Lipinski definition) is 6. The molecule has 1 aliphatic carbocycles. The number of imide groups is 1. The highest BCUT2D eigenvalue weighted by atomic mass is 16.5. The van der Waals surface area contributed by atoms with Crippen molar-refractivity contribution < 1.29 is 24.2 Å². The summed E-state index contributed by atoms with van der Waals surface area (Å²) in [6, 6.07) is -1.08. The summed E-state index contributed by atoms with van der Waals surface area (Å²) in [4.78, 5) is 37.2. The van der Waals surface area contributed by atoms with E-state index in [1.807, 2.05) is 0 Å². The molecule has 3 N–H and O–H groups in total. The summed E-state index contributed by atoms with van der Waals surface area (Å²) in [5, 5.41) is 14.8. The Kier molecular flexibility index (Phi) is 6.56. The molecule has 2 rings (SSSR count). The van der Waals surface area contributed by atoms with Gasteiger partial charge < -0.3 is 15.2 Å². The van der Waals surface area contributed by atoms with E-state index in [1.54, 1.807) is 0 Å². The zero-order valence-electron chi connectivity index (χ0n) is 14.3. The fourth-order valence-electron chi connectivity index (χ4n) is 3.52. The Labute approximate surface area is 141 Å². The van der Waals surface area contributed by atoms with Gasteiger partial charge in [0.15, 0.2) is 0 Å². The SMILES string of the molecule is COC(=O)[C@@H]1C[C@@H](O)CN1CC(=O)NC(=O)N[C@@H]1CCCC[C@@H]1C. The minimum atomic E-state index is -0.682. The van der Waals surface area contributed by atoms with Crippen LogP contribution in [0.5, 0.6) is 0 Å². The molecule has 8 nitrogen and oxygen atoms in total. The largest absolute Gasteiger partial charge is 0.468 e. The molecule has 136 valence electrons. The molecule has 4 atom stereocenters. The van der Waals surface area contributed by atoms with Gasteiger partial charge in [0.25, 0.3) is 0 Å². The van der Waals surface area contributed by atoms with Gasteiger partial charge in [-0.2, -0.15) is 0 Å². The van der Waals surface area contributed by atoms with Crippen LogP contribution in [0, 0.1) is 5.92 Å². The van der Waals surface area contributed by atoms with Crippen LogP contribution < -0.4 is 10.6 Å². The summed E-state index contributed by atoms with van der Waals surface area (Å²) in [5.41, 5.74) is 0. The van der Waals surface area contributed by atoms with Crippen molar-refractivity contribution in [3.8, 4) is 0 Å². The summed E-state index contributed by atoms with van der Waals surface area (Å²) in [5.74, 6) is -0.587. The van der Waals surface area contributed by atoms with Gasteiger partial charge in [0, 0.05) is 19.0 Å². The number of ether oxygens (including phenoxy) is 1.